The molecule has 8 heterocycles. The molecule has 0 aliphatic carbocycles. The number of imidazole rings is 2. The summed E-state index contributed by atoms with van der Waals surface area (Å²) in [5, 5.41) is 30.2. The first-order valence-electron chi connectivity index (χ1n) is 22.2. The first kappa shape index (κ1) is 46.7. The summed E-state index contributed by atoms with van der Waals surface area (Å²) in [6.45, 7) is 12.2. The molecule has 0 saturated carbocycles. The number of anilines is 5. The lowest BCUT2D eigenvalue weighted by Crippen LogP contribution is -2.50. The number of hydrogen-bond donors (Lipinski definition) is 0. The van der Waals surface area contributed by atoms with Crippen LogP contribution in [0.4, 0.5) is 36.5 Å². The second kappa shape index (κ2) is 19.7. The lowest BCUT2D eigenvalue weighted by molar-refractivity contribution is -0.0779. The van der Waals surface area contributed by atoms with Crippen LogP contribution in [0.25, 0.3) is 33.8 Å². The molecule has 0 N–H and O–H groups in total. The van der Waals surface area contributed by atoms with Crippen molar-refractivity contribution in [2.45, 2.75) is 65.2 Å². The number of benzene rings is 2. The molecule has 0 amide bonds. The van der Waals surface area contributed by atoms with Crippen molar-refractivity contribution in [1.82, 2.24) is 44.1 Å². The molecule has 68 heavy (non-hydrogen) atoms. The van der Waals surface area contributed by atoms with Crippen molar-refractivity contribution < 1.29 is 13.5 Å². The summed E-state index contributed by atoms with van der Waals surface area (Å²) in [5.41, 5.74) is 5.77. The van der Waals surface area contributed by atoms with Gasteiger partial charge in [0.25, 0.3) is 0 Å². The maximum Gasteiger partial charge on any atom is 0.192 e. The van der Waals surface area contributed by atoms with E-state index in [2.05, 4.69) is 79.8 Å². The van der Waals surface area contributed by atoms with Crippen LogP contribution in [-0.2, 0) is 17.6 Å². The van der Waals surface area contributed by atoms with E-state index in [-0.39, 0.29) is 23.8 Å². The quantitative estimate of drug-likeness (QED) is 0.128. The van der Waals surface area contributed by atoms with Crippen LogP contribution in [0.3, 0.4) is 0 Å². The van der Waals surface area contributed by atoms with Crippen LogP contribution in [-0.4, -0.2) is 103 Å². The molecule has 6 aromatic heterocycles. The number of morpholine rings is 1. The van der Waals surface area contributed by atoms with Gasteiger partial charge < -0.3 is 19.4 Å². The second-order valence-corrected chi connectivity index (χ2v) is 19.4. The maximum absolute atomic E-state index is 13.5. The number of halogens is 3. The second-order valence-electron chi connectivity index (χ2n) is 16.7. The number of aromatic nitrogens is 8. The predicted octanol–water partition coefficient (Wildman–Crippen LogP) is 9.84. The summed E-state index contributed by atoms with van der Waals surface area (Å²) in [4.78, 5) is 28.7. The highest BCUT2D eigenvalue weighted by Gasteiger charge is 2.34. The smallest absolute Gasteiger partial charge is 0.192 e. The SMILES string of the molecule is CCc1nc2ccc(Br)nn2c1N(C)c1nc(-c2ccc(F)cc2)c(C#N)s1.CCc1nc2ccc(N3CCC(N4C[C@@H](C)O[C@@H](C)C4)C3)nn2c1N(C)c1nc(-c2ccc(F)cc2)c(C#N)s1. The summed E-state index contributed by atoms with van der Waals surface area (Å²) in [6, 6.07) is 24.8. The number of aryl methyl sites for hydroxylation is 2. The fourth-order valence-corrected chi connectivity index (χ4v) is 10.8. The Morgan fingerprint density at radius 2 is 1.18 bits per heavy atom. The van der Waals surface area contributed by atoms with Gasteiger partial charge in [-0.05, 0) is 122 Å². The molecule has 0 bridgehead atoms. The Kier molecular flexibility index (Phi) is 13.5. The Balaban J connectivity index is 0.000000181. The monoisotopic (exact) mass is 1020 g/mol. The number of nitriles is 2. The molecular formula is C48H47BrF2N14OS2. The largest absolute Gasteiger partial charge is 0.373 e. The molecule has 10 rings (SSSR count). The molecule has 2 saturated heterocycles. The van der Waals surface area contributed by atoms with Crippen molar-refractivity contribution in [2.24, 2.45) is 0 Å². The van der Waals surface area contributed by atoms with Crippen molar-refractivity contribution in [3.05, 3.63) is 110 Å². The Hall–Kier alpha value is -6.42. The van der Waals surface area contributed by atoms with E-state index < -0.39 is 0 Å². The van der Waals surface area contributed by atoms with Gasteiger partial charge in [-0.15, -0.1) is 5.10 Å². The van der Waals surface area contributed by atoms with E-state index in [1.165, 1.54) is 46.9 Å². The van der Waals surface area contributed by atoms with Gasteiger partial charge in [-0.25, -0.2) is 28.7 Å². The normalized spacial score (nSPS) is 17.3. The lowest BCUT2D eigenvalue weighted by Gasteiger charge is -2.38. The van der Waals surface area contributed by atoms with Gasteiger partial charge in [0, 0.05) is 57.4 Å². The van der Waals surface area contributed by atoms with Crippen molar-refractivity contribution in [2.75, 3.05) is 55.0 Å². The van der Waals surface area contributed by atoms with Crippen LogP contribution in [0.5, 0.6) is 0 Å². The van der Waals surface area contributed by atoms with Crippen molar-refractivity contribution >= 4 is 77.6 Å². The van der Waals surface area contributed by atoms with Gasteiger partial charge >= 0.3 is 0 Å². The highest BCUT2D eigenvalue weighted by atomic mass is 79.9. The third kappa shape index (κ3) is 9.26. The average molecular weight is 1020 g/mol. The van der Waals surface area contributed by atoms with E-state index in [0.29, 0.717) is 53.2 Å². The minimum atomic E-state index is -0.329. The topological polar surface area (TPSA) is 156 Å². The molecule has 2 aromatic carbocycles. The fraction of sp³-hybridized carbons (Fsp3) is 0.333. The third-order valence-corrected chi connectivity index (χ3v) is 14.5. The number of nitrogens with zero attached hydrogens (tertiary/aromatic N) is 14. The van der Waals surface area contributed by atoms with Gasteiger partial charge in [0.15, 0.2) is 33.2 Å². The number of hydrogen-bond acceptors (Lipinski definition) is 15. The molecule has 0 radical (unpaired) electrons. The van der Waals surface area contributed by atoms with E-state index in [9.17, 15) is 19.3 Å². The molecular weight excluding hydrogens is 971 g/mol. The summed E-state index contributed by atoms with van der Waals surface area (Å²) in [6.07, 6.45) is 3.04. The van der Waals surface area contributed by atoms with Crippen molar-refractivity contribution in [1.29, 1.82) is 10.5 Å². The van der Waals surface area contributed by atoms with Gasteiger partial charge in [0.2, 0.25) is 0 Å². The zero-order valence-corrected chi connectivity index (χ0v) is 41.4. The van der Waals surface area contributed by atoms with Crippen LogP contribution in [0.2, 0.25) is 0 Å². The predicted molar refractivity (Wildman–Crippen MR) is 265 cm³/mol. The average Bonchev–Trinajstić information content (AvgIpc) is 4.20. The van der Waals surface area contributed by atoms with Gasteiger partial charge in [0.1, 0.15) is 55.3 Å². The first-order valence-corrected chi connectivity index (χ1v) is 24.7. The highest BCUT2D eigenvalue weighted by Crippen LogP contribution is 2.39. The lowest BCUT2D eigenvalue weighted by atomic mass is 10.1. The minimum Gasteiger partial charge on any atom is -0.373 e. The van der Waals surface area contributed by atoms with Crippen LogP contribution >= 0.6 is 38.6 Å². The Bertz CT molecular complexity index is 3180. The van der Waals surface area contributed by atoms with E-state index in [1.54, 1.807) is 28.8 Å². The molecule has 2 aliphatic rings. The van der Waals surface area contributed by atoms with Gasteiger partial charge in [-0.2, -0.15) is 24.7 Å². The zero-order valence-electron chi connectivity index (χ0n) is 38.2. The molecule has 3 atom stereocenters. The first-order chi connectivity index (χ1) is 32.8. The summed E-state index contributed by atoms with van der Waals surface area (Å²) in [5.74, 6) is 1.89. The van der Waals surface area contributed by atoms with E-state index in [0.717, 1.165) is 85.6 Å². The highest BCUT2D eigenvalue weighted by molar-refractivity contribution is 9.10. The summed E-state index contributed by atoms with van der Waals surface area (Å²) in [7, 11) is 3.80. The Morgan fingerprint density at radius 3 is 1.66 bits per heavy atom. The van der Waals surface area contributed by atoms with Crippen molar-refractivity contribution in [3.63, 3.8) is 0 Å². The van der Waals surface area contributed by atoms with E-state index in [1.807, 2.05) is 53.5 Å². The van der Waals surface area contributed by atoms with Gasteiger partial charge in [0.05, 0.1) is 23.6 Å². The third-order valence-electron chi connectivity index (χ3n) is 12.0. The summed E-state index contributed by atoms with van der Waals surface area (Å²) >= 11 is 5.98. The molecule has 2 fully saturated rings. The van der Waals surface area contributed by atoms with Crippen molar-refractivity contribution in [3.8, 4) is 34.7 Å². The molecule has 15 nitrogen and oxygen atoms in total. The minimum absolute atomic E-state index is 0.250. The maximum atomic E-state index is 13.5. The van der Waals surface area contributed by atoms with Crippen LogP contribution in [0, 0.1) is 34.3 Å². The standard InChI is InChI=1S/C29H33FN8OS.C19H14BrFN6S/c1-5-23-28(35(4)29-33-27(24(14-31)40-29)20-6-8-21(30)9-7-20)38-25(32-23)10-11-26(34-38)36-13-12-22(17-36)37-15-18(2)39-19(3)16-37;1-3-13-18(27-16(23-13)9-8-15(20)25-27)26(2)19-24-17(14(10-22)28-19)11-4-6-12(21)7-5-11/h6-11,18-19,22H,5,12-13,15-17H2,1-4H3;4-9H,3H2,1-2H3/t18-,19+,22?;. The number of rotatable bonds is 10. The van der Waals surface area contributed by atoms with Gasteiger partial charge in [-0.1, -0.05) is 36.5 Å². The van der Waals surface area contributed by atoms with Crippen LogP contribution in [0.15, 0.2) is 77.4 Å². The molecule has 0 spiro atoms. The van der Waals surface area contributed by atoms with Gasteiger partial charge in [-0.3, -0.25) is 4.90 Å². The summed E-state index contributed by atoms with van der Waals surface area (Å²) < 4.78 is 37.1. The molecule has 2 aliphatic heterocycles. The molecule has 1 unspecified atom stereocenters. The van der Waals surface area contributed by atoms with Crippen LogP contribution < -0.4 is 14.7 Å². The van der Waals surface area contributed by atoms with E-state index in [4.69, 9.17) is 19.8 Å². The molecule has 8 aromatic rings. The Labute approximate surface area is 408 Å². The number of fused-ring (bicyclic) bond motifs is 2. The molecule has 348 valence electrons. The molecule has 20 heteroatoms. The number of thiazole rings is 2. The van der Waals surface area contributed by atoms with E-state index >= 15 is 0 Å². The zero-order chi connectivity index (χ0) is 47.8. The number of ether oxygens (including phenoxy) is 1. The fourth-order valence-electron chi connectivity index (χ4n) is 8.82. The Morgan fingerprint density at radius 1 is 0.691 bits per heavy atom. The van der Waals surface area contributed by atoms with Crippen LogP contribution in [0.1, 0.15) is 55.3 Å².